The Labute approximate surface area is 155 Å². The van der Waals surface area contributed by atoms with Gasteiger partial charge in [-0.3, -0.25) is 4.55 Å². The van der Waals surface area contributed by atoms with Gasteiger partial charge in [-0.25, -0.2) is 0 Å². The highest BCUT2D eigenvalue weighted by Crippen LogP contribution is 2.58. The average molecular weight is 461 g/mol. The van der Waals surface area contributed by atoms with E-state index in [1.165, 1.54) is 0 Å². The van der Waals surface area contributed by atoms with Crippen LogP contribution in [0.1, 0.15) is 39.0 Å². The maximum absolute atomic E-state index is 13.3. The van der Waals surface area contributed by atoms with Crippen LogP contribution in [0.2, 0.25) is 0 Å². The van der Waals surface area contributed by atoms with Crippen LogP contribution in [0.5, 0.6) is 0 Å². The highest BCUT2D eigenvalue weighted by molar-refractivity contribution is 7.87. The molecule has 28 heavy (non-hydrogen) atoms. The lowest BCUT2D eigenvalue weighted by Crippen LogP contribution is -2.68. The summed E-state index contributed by atoms with van der Waals surface area (Å²) in [6.45, 7) is 1.58. The van der Waals surface area contributed by atoms with Crippen molar-refractivity contribution in [3.63, 3.8) is 0 Å². The smallest absolute Gasteiger partial charge is 0.323 e. The van der Waals surface area contributed by atoms with Crippen LogP contribution in [0, 0.1) is 0 Å². The Morgan fingerprint density at radius 1 is 0.750 bits per heavy atom. The van der Waals surface area contributed by atoms with Gasteiger partial charge in [0.05, 0.1) is 0 Å². The standard InChI is InChI=1S/C11H14F10O3S.C2H7N/c1-2-3-4-5-6-7(12,13)8(14,15)9(16,17)10(18,19)11(20,21)25(22,23)24;1-3-2/h2-6H2,1H3,(H,22,23,24);3H,1-2H3. The second-order valence-electron chi connectivity index (χ2n) is 5.73. The summed E-state index contributed by atoms with van der Waals surface area (Å²) >= 11 is 0. The van der Waals surface area contributed by atoms with E-state index in [1.54, 1.807) is 6.92 Å². The van der Waals surface area contributed by atoms with Crippen LogP contribution in [0.15, 0.2) is 0 Å². The van der Waals surface area contributed by atoms with Crippen molar-refractivity contribution >= 4 is 10.1 Å². The minimum absolute atomic E-state index is 0.148. The van der Waals surface area contributed by atoms with Crippen molar-refractivity contribution in [3.05, 3.63) is 0 Å². The van der Waals surface area contributed by atoms with Crippen molar-refractivity contribution in [3.8, 4) is 0 Å². The summed E-state index contributed by atoms with van der Waals surface area (Å²) in [6, 6.07) is 0. The molecule has 0 atom stereocenters. The molecule has 0 aromatic heterocycles. The number of halogens is 10. The van der Waals surface area contributed by atoms with Gasteiger partial charge < -0.3 is 5.32 Å². The first-order valence-corrected chi connectivity index (χ1v) is 9.11. The van der Waals surface area contributed by atoms with Gasteiger partial charge in [0.1, 0.15) is 0 Å². The Bertz CT molecular complexity index is 581. The van der Waals surface area contributed by atoms with Gasteiger partial charge in [0.25, 0.3) is 0 Å². The summed E-state index contributed by atoms with van der Waals surface area (Å²) in [5.74, 6) is -27.9. The summed E-state index contributed by atoms with van der Waals surface area (Å²) in [5, 5.41) is -4.38. The third-order valence-corrected chi connectivity index (χ3v) is 4.19. The molecule has 4 nitrogen and oxygen atoms in total. The second kappa shape index (κ2) is 9.78. The molecule has 0 spiro atoms. The van der Waals surface area contributed by atoms with E-state index in [9.17, 15) is 52.3 Å². The number of nitrogens with one attached hydrogen (secondary N) is 1. The fraction of sp³-hybridized carbons (Fsp3) is 1.00. The third-order valence-electron chi connectivity index (χ3n) is 3.28. The second-order valence-corrected chi connectivity index (χ2v) is 7.19. The zero-order valence-corrected chi connectivity index (χ0v) is 15.8. The number of hydrogen-bond donors (Lipinski definition) is 2. The van der Waals surface area contributed by atoms with Gasteiger partial charge in [0.2, 0.25) is 0 Å². The molecular formula is C13H21F10NO3S. The van der Waals surface area contributed by atoms with E-state index in [1.807, 2.05) is 14.1 Å². The Morgan fingerprint density at radius 2 is 1.14 bits per heavy atom. The molecule has 0 aliphatic rings. The maximum Gasteiger partial charge on any atom is 0.438 e. The molecule has 0 radical (unpaired) electrons. The minimum atomic E-state index is -7.52. The van der Waals surface area contributed by atoms with Gasteiger partial charge in [0, 0.05) is 6.42 Å². The maximum atomic E-state index is 13.3. The van der Waals surface area contributed by atoms with Crippen LogP contribution >= 0.6 is 0 Å². The van der Waals surface area contributed by atoms with E-state index in [0.717, 1.165) is 0 Å². The zero-order chi connectivity index (χ0) is 23.2. The van der Waals surface area contributed by atoms with E-state index in [-0.39, 0.29) is 12.8 Å². The van der Waals surface area contributed by atoms with Crippen LogP contribution < -0.4 is 5.32 Å². The third kappa shape index (κ3) is 5.62. The topological polar surface area (TPSA) is 66.4 Å². The summed E-state index contributed by atoms with van der Waals surface area (Å²) in [6.07, 6.45) is -2.31. The molecule has 0 saturated carbocycles. The van der Waals surface area contributed by atoms with Gasteiger partial charge in [-0.2, -0.15) is 52.3 Å². The molecule has 0 aliphatic heterocycles. The normalized spacial score (nSPS) is 14.5. The molecule has 0 saturated heterocycles. The Morgan fingerprint density at radius 3 is 1.46 bits per heavy atom. The highest BCUT2D eigenvalue weighted by Gasteiger charge is 2.88. The average Bonchev–Trinajstić information content (AvgIpc) is 2.50. The molecule has 0 rings (SSSR count). The quantitative estimate of drug-likeness (QED) is 0.278. The number of hydrogen-bond acceptors (Lipinski definition) is 3. The fourth-order valence-corrected chi connectivity index (χ4v) is 2.15. The molecule has 0 aliphatic carbocycles. The lowest BCUT2D eigenvalue weighted by molar-refractivity contribution is -0.390. The predicted molar refractivity (Wildman–Crippen MR) is 80.0 cm³/mol. The molecular weight excluding hydrogens is 440 g/mol. The Hall–Kier alpha value is -0.830. The van der Waals surface area contributed by atoms with Crippen molar-refractivity contribution in [1.82, 2.24) is 5.32 Å². The first kappa shape index (κ1) is 29.4. The Kier molecular flexibility index (Phi) is 10.3. The van der Waals surface area contributed by atoms with E-state index < -0.39 is 51.9 Å². The molecule has 2 N–H and O–H groups in total. The zero-order valence-electron chi connectivity index (χ0n) is 15.0. The van der Waals surface area contributed by atoms with Crippen molar-refractivity contribution in [1.29, 1.82) is 0 Å². The largest absolute Gasteiger partial charge is 0.438 e. The summed E-state index contributed by atoms with van der Waals surface area (Å²) in [5.41, 5.74) is 0. The van der Waals surface area contributed by atoms with Gasteiger partial charge in [0.15, 0.2) is 0 Å². The van der Waals surface area contributed by atoms with E-state index in [2.05, 4.69) is 5.32 Å². The van der Waals surface area contributed by atoms with Crippen LogP contribution in [0.4, 0.5) is 43.9 Å². The van der Waals surface area contributed by atoms with Gasteiger partial charge in [-0.1, -0.05) is 26.2 Å². The summed E-state index contributed by atoms with van der Waals surface area (Å²) in [4.78, 5) is 0. The van der Waals surface area contributed by atoms with Crippen molar-refractivity contribution in [2.24, 2.45) is 0 Å². The van der Waals surface area contributed by atoms with Gasteiger partial charge >= 0.3 is 39.1 Å². The van der Waals surface area contributed by atoms with Gasteiger partial charge in [-0.15, -0.1) is 0 Å². The van der Waals surface area contributed by atoms with E-state index in [4.69, 9.17) is 4.55 Å². The molecule has 0 aromatic rings. The van der Waals surface area contributed by atoms with E-state index >= 15 is 0 Å². The molecule has 15 heteroatoms. The molecule has 0 bridgehead atoms. The summed E-state index contributed by atoms with van der Waals surface area (Å²) in [7, 11) is -3.56. The van der Waals surface area contributed by atoms with Crippen LogP contribution in [-0.2, 0) is 10.1 Å². The SMILES string of the molecule is CCCCCCC(F)(F)C(F)(F)C(F)(F)C(F)(F)C(F)(F)S(=O)(=O)O.CNC. The summed E-state index contributed by atoms with van der Waals surface area (Å²) < 4.78 is 160. The van der Waals surface area contributed by atoms with Crippen molar-refractivity contribution in [2.45, 2.75) is 68.0 Å². The lowest BCUT2D eigenvalue weighted by atomic mass is 9.94. The first-order valence-electron chi connectivity index (χ1n) is 7.67. The molecule has 0 aromatic carbocycles. The highest BCUT2D eigenvalue weighted by atomic mass is 32.2. The van der Waals surface area contributed by atoms with Crippen LogP contribution in [0.3, 0.4) is 0 Å². The predicted octanol–water partition coefficient (Wildman–Crippen LogP) is 4.81. The Balaban J connectivity index is 0. The van der Waals surface area contributed by atoms with Crippen LogP contribution in [0.25, 0.3) is 0 Å². The van der Waals surface area contributed by atoms with Gasteiger partial charge in [-0.05, 0) is 20.5 Å². The number of rotatable bonds is 10. The minimum Gasteiger partial charge on any atom is -0.323 e. The van der Waals surface area contributed by atoms with Crippen LogP contribution in [-0.4, -0.2) is 56.0 Å². The molecule has 0 fully saturated rings. The molecule has 0 unspecified atom stereocenters. The van der Waals surface area contributed by atoms with E-state index in [0.29, 0.717) is 6.42 Å². The molecule has 172 valence electrons. The number of alkyl halides is 10. The fourth-order valence-electron chi connectivity index (χ4n) is 1.70. The monoisotopic (exact) mass is 461 g/mol. The number of unbranched alkanes of at least 4 members (excludes halogenated alkanes) is 3. The lowest BCUT2D eigenvalue weighted by Gasteiger charge is -2.38. The van der Waals surface area contributed by atoms with Crippen molar-refractivity contribution < 1.29 is 56.9 Å². The molecule has 0 amide bonds. The molecule has 0 heterocycles. The first-order chi connectivity index (χ1) is 12.2. The van der Waals surface area contributed by atoms with Crippen molar-refractivity contribution in [2.75, 3.05) is 14.1 Å².